The number of carbonyl (C=O) groups is 2. The zero-order valence-electron chi connectivity index (χ0n) is 71.6. The molecular weight excluding hydrogens is 1290 g/mol. The van der Waals surface area contributed by atoms with Crippen LogP contribution in [-0.2, 0) is 36.3 Å². The second kappa shape index (κ2) is 49.9. The maximum Gasteiger partial charge on any atom is 0.289 e. The van der Waals surface area contributed by atoms with Gasteiger partial charge in [-0.25, -0.2) is 19.1 Å². The third-order valence-electron chi connectivity index (χ3n) is 21.8. The van der Waals surface area contributed by atoms with E-state index in [-0.39, 0.29) is 22.6 Å². The van der Waals surface area contributed by atoms with Gasteiger partial charge in [-0.15, -0.1) is 0 Å². The highest BCUT2D eigenvalue weighted by molar-refractivity contribution is 5.82. The highest BCUT2D eigenvalue weighted by Gasteiger charge is 2.30. The fourth-order valence-electron chi connectivity index (χ4n) is 14.5. The first-order chi connectivity index (χ1) is 49.9. The van der Waals surface area contributed by atoms with Gasteiger partial charge in [0, 0.05) is 85.3 Å². The van der Waals surface area contributed by atoms with E-state index in [4.69, 9.17) is 15.7 Å². The summed E-state index contributed by atoms with van der Waals surface area (Å²) in [5.41, 5.74) is 17.1. The van der Waals surface area contributed by atoms with Crippen LogP contribution in [0.2, 0.25) is 0 Å². The fourth-order valence-corrected chi connectivity index (χ4v) is 14.5. The summed E-state index contributed by atoms with van der Waals surface area (Å²) in [6.45, 7) is 50.2. The lowest BCUT2D eigenvalue weighted by Crippen LogP contribution is -2.47. The van der Waals surface area contributed by atoms with Crippen LogP contribution < -0.4 is 26.3 Å². The lowest BCUT2D eigenvalue weighted by molar-refractivity contribution is -0.896. The molecule has 0 aliphatic heterocycles. The van der Waals surface area contributed by atoms with E-state index in [1.165, 1.54) is 161 Å². The second-order valence-corrected chi connectivity index (χ2v) is 34.3. The first-order valence-corrected chi connectivity index (χ1v) is 42.0. The van der Waals surface area contributed by atoms with Gasteiger partial charge >= 0.3 is 0 Å². The molecule has 592 valence electrons. The van der Waals surface area contributed by atoms with Gasteiger partial charge in [-0.2, -0.15) is 0 Å². The predicted molar refractivity (Wildman–Crippen MR) is 452 cm³/mol. The Balaban J connectivity index is 0.000000371. The normalized spacial score (nSPS) is 11.9. The minimum atomic E-state index is -0.249. The molecule has 3 aromatic heterocycles. The third kappa shape index (κ3) is 35.4. The van der Waals surface area contributed by atoms with E-state index in [9.17, 15) is 9.59 Å². The number of benzene rings is 3. The lowest BCUT2D eigenvalue weighted by atomic mass is 9.86. The van der Waals surface area contributed by atoms with Crippen LogP contribution in [0.3, 0.4) is 0 Å². The Morgan fingerprint density at radius 2 is 0.800 bits per heavy atom. The topological polar surface area (TPSA) is 141 Å². The second-order valence-electron chi connectivity index (χ2n) is 34.3. The number of quaternary nitrogens is 1. The van der Waals surface area contributed by atoms with E-state index in [1.54, 1.807) is 0 Å². The van der Waals surface area contributed by atoms with E-state index in [0.717, 1.165) is 157 Å². The molecule has 105 heavy (non-hydrogen) atoms. The molecule has 0 radical (unpaired) electrons. The van der Waals surface area contributed by atoms with Crippen molar-refractivity contribution in [3.63, 3.8) is 0 Å². The first kappa shape index (κ1) is 93.3. The Labute approximate surface area is 644 Å². The standard InChI is InChI=1S/C28H49N3.C25H39N3O.C25H41N3.C14H30N2O/c1-9-10-20-28(4,5)23-31(7,8)22-17-12-11-16-21-30-25(3)24(2)29(6)27(30)26-18-14-13-15-19-26;1-6-7-17-25(4,5)24(29)26-18-13-8-9-14-19-28-21(3)20(2)27-23(28)22-15-11-10-12-16-22;1-6-7-17-25(4,5)20-26-18-13-8-9-14-19-28-22(3)21(2)27-24(28)23-15-11-10-12-16-23;1-4-5-10-14(2,3)13(17)16-12-9-7-6-8-11-15/h13-15,18-19H,9-12,16-17,20-23H2,1-8H3;10-12,15-16H,6-9,13-14,17-19H2,1-5H3,(H,26,29);10-12,15-16,26H,6-9,13-14,17-20H2,1-5H3;4-12,15H2,1-3H3,(H,16,17)/q+2;;;. The van der Waals surface area contributed by atoms with Crippen molar-refractivity contribution in [1.29, 1.82) is 0 Å². The van der Waals surface area contributed by atoms with Gasteiger partial charge in [0.25, 0.3) is 5.82 Å². The number of nitrogens with zero attached hydrogens (tertiary/aromatic N) is 7. The summed E-state index contributed by atoms with van der Waals surface area (Å²) in [7, 11) is 7.04. The number of carbonyl (C=O) groups excluding carboxylic acids is 2. The molecule has 0 saturated heterocycles. The zero-order valence-corrected chi connectivity index (χ0v) is 71.6. The molecule has 0 spiro atoms. The molecule has 0 fully saturated rings. The van der Waals surface area contributed by atoms with Crippen molar-refractivity contribution in [2.75, 3.05) is 59.9 Å². The molecule has 3 heterocycles. The number of hydrogen-bond acceptors (Lipinski definition) is 6. The molecule has 0 bridgehead atoms. The van der Waals surface area contributed by atoms with Crippen LogP contribution in [0.1, 0.15) is 297 Å². The molecule has 0 aliphatic carbocycles. The fraction of sp³-hybridized carbons (Fsp3) is 0.685. The van der Waals surface area contributed by atoms with E-state index in [2.05, 4.69) is 251 Å². The van der Waals surface area contributed by atoms with Crippen LogP contribution >= 0.6 is 0 Å². The molecule has 3 aromatic carbocycles. The summed E-state index contributed by atoms with van der Waals surface area (Å²) in [5.74, 6) is 3.92. The molecule has 13 nitrogen and oxygen atoms in total. The number of rotatable bonds is 48. The molecule has 13 heteroatoms. The maximum atomic E-state index is 12.3. The van der Waals surface area contributed by atoms with Crippen LogP contribution in [-0.4, -0.2) is 99.9 Å². The summed E-state index contributed by atoms with van der Waals surface area (Å²) in [6.07, 6.45) is 33.7. The maximum absolute atomic E-state index is 12.3. The van der Waals surface area contributed by atoms with Crippen molar-refractivity contribution in [2.24, 2.45) is 34.4 Å². The van der Waals surface area contributed by atoms with Gasteiger partial charge in [-0.05, 0) is 148 Å². The lowest BCUT2D eigenvalue weighted by Gasteiger charge is -2.37. The minimum Gasteiger partial charge on any atom is -0.356 e. The minimum absolute atomic E-state index is 0.197. The van der Waals surface area contributed by atoms with E-state index in [0.29, 0.717) is 10.8 Å². The van der Waals surface area contributed by atoms with Crippen LogP contribution in [0.4, 0.5) is 0 Å². The van der Waals surface area contributed by atoms with Crippen LogP contribution in [0, 0.1) is 63.2 Å². The monoisotopic (exact) mass is 1450 g/mol. The number of nitrogens with one attached hydrogen (secondary N) is 3. The van der Waals surface area contributed by atoms with Crippen molar-refractivity contribution in [3.05, 3.63) is 125 Å². The van der Waals surface area contributed by atoms with Crippen molar-refractivity contribution in [1.82, 2.24) is 39.6 Å². The first-order valence-electron chi connectivity index (χ1n) is 42.0. The number of imidazole rings is 3. The molecule has 0 atom stereocenters. The Kier molecular flexibility index (Phi) is 44.4. The average molecular weight is 1450 g/mol. The van der Waals surface area contributed by atoms with Gasteiger partial charge in [0.05, 0.1) is 57.7 Å². The molecule has 6 rings (SSSR count). The third-order valence-corrected chi connectivity index (χ3v) is 21.8. The summed E-state index contributed by atoms with van der Waals surface area (Å²) >= 11 is 0. The number of amides is 2. The Morgan fingerprint density at radius 1 is 0.438 bits per heavy atom. The van der Waals surface area contributed by atoms with E-state index in [1.807, 2.05) is 19.9 Å². The quantitative estimate of drug-likeness (QED) is 0.0170. The molecule has 6 aromatic rings. The van der Waals surface area contributed by atoms with Crippen molar-refractivity contribution in [3.8, 4) is 34.2 Å². The van der Waals surface area contributed by atoms with Gasteiger partial charge in [-0.3, -0.25) is 9.59 Å². The largest absolute Gasteiger partial charge is 0.356 e. The molecule has 2 amide bonds. The summed E-state index contributed by atoms with van der Waals surface area (Å²) < 4.78 is 10.8. The Morgan fingerprint density at radius 3 is 1.22 bits per heavy atom. The van der Waals surface area contributed by atoms with E-state index < -0.39 is 0 Å². The number of aromatic nitrogens is 6. The predicted octanol–water partition coefficient (Wildman–Crippen LogP) is 21.9. The SMILES string of the molecule is CCCCC(C)(C)C(=O)NCCCCCCN.CCCCC(C)(C)C(=O)NCCCCCCn1c(-c2ccccc2)nc(C)c1C.CCCCC(C)(C)CNCCCCCCn1c(-c2ccccc2)nc(C)c1C.CCCCC(C)(C)C[N+](C)(C)CCCCCCn1c(C)c(C)[n+](C)c1-c1ccccc1. The van der Waals surface area contributed by atoms with Gasteiger partial charge in [0.1, 0.15) is 23.0 Å². The van der Waals surface area contributed by atoms with E-state index >= 15 is 0 Å². The number of nitrogens with two attached hydrogens (primary N) is 1. The van der Waals surface area contributed by atoms with Gasteiger partial charge < -0.3 is 35.3 Å². The highest BCUT2D eigenvalue weighted by Crippen LogP contribution is 2.30. The Bertz CT molecular complexity index is 3280. The molecule has 5 N–H and O–H groups in total. The van der Waals surface area contributed by atoms with Crippen LogP contribution in [0.5, 0.6) is 0 Å². The summed E-state index contributed by atoms with van der Waals surface area (Å²) in [6, 6.07) is 31.8. The van der Waals surface area contributed by atoms with Crippen molar-refractivity contribution in [2.45, 2.75) is 324 Å². The zero-order chi connectivity index (χ0) is 77.9. The average Bonchev–Trinajstić information content (AvgIpc) is 1.66. The van der Waals surface area contributed by atoms with Gasteiger partial charge in [0.2, 0.25) is 11.8 Å². The number of hydrogen-bond donors (Lipinski definition) is 4. The highest BCUT2D eigenvalue weighted by atomic mass is 16.2. The molecular formula is C92H159N11O2+2. The smallest absolute Gasteiger partial charge is 0.289 e. The van der Waals surface area contributed by atoms with Crippen molar-refractivity contribution < 1.29 is 18.6 Å². The molecule has 0 unspecified atom stereocenters. The molecule has 0 aliphatic rings. The van der Waals surface area contributed by atoms with Crippen LogP contribution in [0.25, 0.3) is 34.2 Å². The number of unbranched alkanes of at least 4 members (excludes halogenated alkanes) is 16. The van der Waals surface area contributed by atoms with Crippen molar-refractivity contribution >= 4 is 11.8 Å². The summed E-state index contributed by atoms with van der Waals surface area (Å²) in [5, 5.41) is 9.84. The Hall–Kier alpha value is -5.89. The van der Waals surface area contributed by atoms with Crippen LogP contribution in [0.15, 0.2) is 91.0 Å². The van der Waals surface area contributed by atoms with Gasteiger partial charge in [0.15, 0.2) is 0 Å². The summed E-state index contributed by atoms with van der Waals surface area (Å²) in [4.78, 5) is 33.9. The number of aryl methyl sites for hydroxylation is 2. The molecule has 0 saturated carbocycles. The van der Waals surface area contributed by atoms with Gasteiger partial charge in [-0.1, -0.05) is 252 Å².